The first-order valence-corrected chi connectivity index (χ1v) is 12.6. The van der Waals surface area contributed by atoms with E-state index in [-0.39, 0.29) is 36.2 Å². The van der Waals surface area contributed by atoms with Crippen molar-refractivity contribution in [2.24, 2.45) is 5.92 Å². The molecule has 1 saturated carbocycles. The maximum atomic E-state index is 13.8. The molecule has 0 bridgehead atoms. The van der Waals surface area contributed by atoms with Gasteiger partial charge in [0.25, 0.3) is 5.91 Å². The molecule has 184 valence electrons. The van der Waals surface area contributed by atoms with Crippen LogP contribution in [0, 0.1) is 19.8 Å². The number of carbonyl (C=O) groups is 3. The number of fused-ring (bicyclic) bond motifs is 2. The molecular formula is C30H31N3O3. The maximum absolute atomic E-state index is 13.8. The fourth-order valence-electron chi connectivity index (χ4n) is 5.68. The van der Waals surface area contributed by atoms with E-state index in [9.17, 15) is 14.4 Å². The van der Waals surface area contributed by atoms with E-state index in [0.717, 1.165) is 47.3 Å². The van der Waals surface area contributed by atoms with Gasteiger partial charge in [0, 0.05) is 11.6 Å². The van der Waals surface area contributed by atoms with E-state index in [4.69, 9.17) is 0 Å². The molecule has 2 atom stereocenters. The topological polar surface area (TPSA) is 69.7 Å². The zero-order valence-electron chi connectivity index (χ0n) is 20.7. The van der Waals surface area contributed by atoms with Crippen LogP contribution in [0.5, 0.6) is 0 Å². The van der Waals surface area contributed by atoms with Crippen LogP contribution in [0.2, 0.25) is 0 Å². The molecule has 6 nitrogen and oxygen atoms in total. The first-order chi connectivity index (χ1) is 17.5. The summed E-state index contributed by atoms with van der Waals surface area (Å²) in [4.78, 5) is 44.1. The number of hydrogen-bond donors (Lipinski definition) is 1. The van der Waals surface area contributed by atoms with Crippen molar-refractivity contribution in [2.75, 3.05) is 16.3 Å². The van der Waals surface area contributed by atoms with Gasteiger partial charge in [-0.05, 0) is 55.5 Å². The van der Waals surface area contributed by atoms with Crippen molar-refractivity contribution in [2.45, 2.75) is 45.7 Å². The minimum atomic E-state index is -0.264. The largest absolute Gasteiger partial charge is 0.343 e. The number of carbonyl (C=O) groups excluding carboxylic acids is 3. The lowest BCUT2D eigenvalue weighted by Crippen LogP contribution is -2.48. The molecule has 0 radical (unpaired) electrons. The third-order valence-electron chi connectivity index (χ3n) is 7.39. The standard InChI is InChI=1S/C30H31N3O3/c1-20-10-8-11-21(2)28(20)29(35)31-18-27(34)33-24-17-9-14-23(24)30(36)32(19-22-12-4-3-5-13-22)25-15-6-7-16-26(25)33/h3-8,10-13,15-16,23-24H,9,14,17-19H2,1-2H3,(H,31,35). The normalized spacial score (nSPS) is 18.9. The van der Waals surface area contributed by atoms with Gasteiger partial charge in [-0.3, -0.25) is 14.4 Å². The second-order valence-electron chi connectivity index (χ2n) is 9.72. The number of rotatable bonds is 5. The van der Waals surface area contributed by atoms with E-state index >= 15 is 0 Å². The summed E-state index contributed by atoms with van der Waals surface area (Å²) in [5.74, 6) is -0.664. The summed E-state index contributed by atoms with van der Waals surface area (Å²) in [6.45, 7) is 4.11. The van der Waals surface area contributed by atoms with Crippen molar-refractivity contribution in [3.8, 4) is 0 Å². The van der Waals surface area contributed by atoms with E-state index < -0.39 is 0 Å². The molecule has 3 aromatic carbocycles. The van der Waals surface area contributed by atoms with Gasteiger partial charge in [0.2, 0.25) is 11.8 Å². The third-order valence-corrected chi connectivity index (χ3v) is 7.39. The highest BCUT2D eigenvalue weighted by atomic mass is 16.2. The molecule has 1 aliphatic carbocycles. The van der Waals surface area contributed by atoms with Gasteiger partial charge in [-0.15, -0.1) is 0 Å². The summed E-state index contributed by atoms with van der Waals surface area (Å²) in [6, 6.07) is 23.0. The molecule has 36 heavy (non-hydrogen) atoms. The second kappa shape index (κ2) is 9.97. The van der Waals surface area contributed by atoms with Gasteiger partial charge in [-0.1, -0.05) is 67.1 Å². The molecule has 0 saturated heterocycles. The number of hydrogen-bond acceptors (Lipinski definition) is 3. The fraction of sp³-hybridized carbons (Fsp3) is 0.300. The number of nitrogens with zero attached hydrogens (tertiary/aromatic N) is 2. The van der Waals surface area contributed by atoms with E-state index in [2.05, 4.69) is 5.32 Å². The van der Waals surface area contributed by atoms with E-state index in [1.807, 2.05) is 91.5 Å². The molecular weight excluding hydrogens is 450 g/mol. The predicted molar refractivity (Wildman–Crippen MR) is 141 cm³/mol. The Labute approximate surface area is 211 Å². The van der Waals surface area contributed by atoms with Crippen LogP contribution >= 0.6 is 0 Å². The van der Waals surface area contributed by atoms with Crippen LogP contribution in [0.25, 0.3) is 0 Å². The minimum Gasteiger partial charge on any atom is -0.343 e. The van der Waals surface area contributed by atoms with Crippen LogP contribution in [-0.2, 0) is 16.1 Å². The van der Waals surface area contributed by atoms with E-state index in [0.29, 0.717) is 12.1 Å². The summed E-state index contributed by atoms with van der Waals surface area (Å²) in [6.07, 6.45) is 2.41. The highest BCUT2D eigenvalue weighted by Gasteiger charge is 2.45. The quantitative estimate of drug-likeness (QED) is 0.570. The Bertz CT molecular complexity index is 1280. The SMILES string of the molecule is Cc1cccc(C)c1C(=O)NCC(=O)N1c2ccccc2N(Cc2ccccc2)C(=O)C2CCCC21. The summed E-state index contributed by atoms with van der Waals surface area (Å²) >= 11 is 0. The number of nitrogens with one attached hydrogen (secondary N) is 1. The number of benzene rings is 3. The van der Waals surface area contributed by atoms with E-state index in [1.54, 1.807) is 4.90 Å². The Kier molecular flexibility index (Phi) is 6.59. The average molecular weight is 482 g/mol. The molecule has 3 aromatic rings. The van der Waals surface area contributed by atoms with Gasteiger partial charge < -0.3 is 15.1 Å². The zero-order valence-corrected chi connectivity index (χ0v) is 20.7. The van der Waals surface area contributed by atoms with Crippen molar-refractivity contribution in [3.05, 3.63) is 95.1 Å². The Balaban J connectivity index is 1.46. The van der Waals surface area contributed by atoms with Crippen LogP contribution in [-0.4, -0.2) is 30.3 Å². The zero-order chi connectivity index (χ0) is 25.2. The summed E-state index contributed by atoms with van der Waals surface area (Å²) in [5.41, 5.74) is 4.84. The maximum Gasteiger partial charge on any atom is 0.252 e. The van der Waals surface area contributed by atoms with Crippen molar-refractivity contribution in [1.29, 1.82) is 0 Å². The Hall–Kier alpha value is -3.93. The lowest BCUT2D eigenvalue weighted by molar-refractivity contribution is -0.123. The van der Waals surface area contributed by atoms with Gasteiger partial charge in [0.1, 0.15) is 0 Å². The number of anilines is 2. The number of aryl methyl sites for hydroxylation is 2. The third kappa shape index (κ3) is 4.39. The van der Waals surface area contributed by atoms with Crippen LogP contribution in [0.15, 0.2) is 72.8 Å². The minimum absolute atomic E-state index is 0.0590. The molecule has 1 heterocycles. The lowest BCUT2D eigenvalue weighted by Gasteiger charge is -2.30. The molecule has 3 amide bonds. The monoisotopic (exact) mass is 481 g/mol. The molecule has 2 aliphatic rings. The Morgan fingerprint density at radius 3 is 2.25 bits per heavy atom. The van der Waals surface area contributed by atoms with Crippen molar-refractivity contribution < 1.29 is 14.4 Å². The van der Waals surface area contributed by atoms with Gasteiger partial charge in [-0.25, -0.2) is 0 Å². The molecule has 1 aliphatic heterocycles. The summed E-state index contributed by atoms with van der Waals surface area (Å²) < 4.78 is 0. The van der Waals surface area contributed by atoms with Crippen LogP contribution in [0.3, 0.4) is 0 Å². The second-order valence-corrected chi connectivity index (χ2v) is 9.72. The molecule has 5 rings (SSSR count). The Morgan fingerprint density at radius 1 is 0.861 bits per heavy atom. The predicted octanol–water partition coefficient (Wildman–Crippen LogP) is 4.78. The molecule has 2 unspecified atom stereocenters. The number of amides is 3. The van der Waals surface area contributed by atoms with Crippen molar-refractivity contribution in [3.63, 3.8) is 0 Å². The summed E-state index contributed by atoms with van der Waals surface area (Å²) in [5, 5.41) is 2.84. The van der Waals surface area contributed by atoms with Gasteiger partial charge >= 0.3 is 0 Å². The average Bonchev–Trinajstić information content (AvgIpc) is 3.33. The van der Waals surface area contributed by atoms with Crippen LogP contribution < -0.4 is 15.1 Å². The fourth-order valence-corrected chi connectivity index (χ4v) is 5.68. The van der Waals surface area contributed by atoms with E-state index in [1.165, 1.54) is 0 Å². The highest BCUT2D eigenvalue weighted by molar-refractivity contribution is 6.08. The molecule has 1 N–H and O–H groups in total. The first-order valence-electron chi connectivity index (χ1n) is 12.6. The molecule has 6 heteroatoms. The number of para-hydroxylation sites is 2. The lowest BCUT2D eigenvalue weighted by atomic mass is 10.0. The smallest absolute Gasteiger partial charge is 0.252 e. The van der Waals surface area contributed by atoms with Crippen molar-refractivity contribution in [1.82, 2.24) is 5.32 Å². The van der Waals surface area contributed by atoms with Gasteiger partial charge in [-0.2, -0.15) is 0 Å². The molecule has 0 spiro atoms. The summed E-state index contributed by atoms with van der Waals surface area (Å²) in [7, 11) is 0. The van der Waals surface area contributed by atoms with Gasteiger partial charge in [0.05, 0.1) is 30.4 Å². The highest BCUT2D eigenvalue weighted by Crippen LogP contribution is 2.43. The van der Waals surface area contributed by atoms with Crippen molar-refractivity contribution >= 4 is 29.1 Å². The first kappa shape index (κ1) is 23.8. The molecule has 1 fully saturated rings. The van der Waals surface area contributed by atoms with Crippen LogP contribution in [0.4, 0.5) is 11.4 Å². The molecule has 0 aromatic heterocycles. The Morgan fingerprint density at radius 2 is 1.53 bits per heavy atom. The van der Waals surface area contributed by atoms with Gasteiger partial charge in [0.15, 0.2) is 0 Å². The van der Waals surface area contributed by atoms with Crippen LogP contribution in [0.1, 0.15) is 46.3 Å².